The van der Waals surface area contributed by atoms with E-state index in [0.29, 0.717) is 19.6 Å². The predicted octanol–water partition coefficient (Wildman–Crippen LogP) is 5.42. The molecule has 1 aliphatic carbocycles. The fourth-order valence-corrected chi connectivity index (χ4v) is 3.53. The van der Waals surface area contributed by atoms with Crippen molar-refractivity contribution in [1.82, 2.24) is 9.55 Å². The zero-order valence-corrected chi connectivity index (χ0v) is 17.4. The smallest absolute Gasteiger partial charge is 0.305 e. The molecule has 0 atom stereocenters. The van der Waals surface area contributed by atoms with Crippen molar-refractivity contribution in [3.8, 4) is 0 Å². The summed E-state index contributed by atoms with van der Waals surface area (Å²) in [6.07, 6.45) is 12.4. The Balaban J connectivity index is 1.75. The number of nitrogens with zero attached hydrogens (tertiary/aromatic N) is 2. The number of imidazole rings is 1. The summed E-state index contributed by atoms with van der Waals surface area (Å²) in [5, 5.41) is 0. The number of hydrogen-bond donors (Lipinski definition) is 0. The van der Waals surface area contributed by atoms with Crippen molar-refractivity contribution in [1.29, 1.82) is 0 Å². The molecule has 5 nitrogen and oxygen atoms in total. The van der Waals surface area contributed by atoms with Crippen LogP contribution >= 0.6 is 0 Å². The summed E-state index contributed by atoms with van der Waals surface area (Å²) in [5.41, 5.74) is 3.34. The van der Waals surface area contributed by atoms with Crippen LogP contribution in [0.2, 0.25) is 0 Å². The highest BCUT2D eigenvalue weighted by Gasteiger charge is 2.14. The lowest BCUT2D eigenvalue weighted by molar-refractivity contribution is -0.143. The van der Waals surface area contributed by atoms with Crippen molar-refractivity contribution in [2.24, 2.45) is 0 Å². The van der Waals surface area contributed by atoms with Gasteiger partial charge in [0.2, 0.25) is 0 Å². The zero-order chi connectivity index (χ0) is 20.5. The maximum atomic E-state index is 11.5. The molecule has 0 bridgehead atoms. The molecule has 1 aliphatic rings. The van der Waals surface area contributed by atoms with Crippen LogP contribution in [-0.2, 0) is 20.8 Å². The third-order valence-corrected chi connectivity index (χ3v) is 4.89. The monoisotopic (exact) mass is 394 g/mol. The first-order valence-electron chi connectivity index (χ1n) is 10.5. The number of hydrogen-bond acceptors (Lipinski definition) is 4. The minimum absolute atomic E-state index is 0.103. The van der Waals surface area contributed by atoms with Gasteiger partial charge in [0.25, 0.3) is 0 Å². The first kappa shape index (κ1) is 20.9. The maximum Gasteiger partial charge on any atom is 0.305 e. The van der Waals surface area contributed by atoms with Gasteiger partial charge in [-0.3, -0.25) is 4.79 Å². The molecule has 2 aromatic rings. The van der Waals surface area contributed by atoms with Crippen molar-refractivity contribution in [3.05, 3.63) is 60.2 Å². The molecule has 0 amide bonds. The van der Waals surface area contributed by atoms with E-state index < -0.39 is 0 Å². The molecule has 1 aromatic carbocycles. The van der Waals surface area contributed by atoms with Gasteiger partial charge >= 0.3 is 5.97 Å². The second-order valence-corrected chi connectivity index (χ2v) is 6.99. The fraction of sp³-hybridized carbons (Fsp3) is 0.417. The normalized spacial score (nSPS) is 13.7. The van der Waals surface area contributed by atoms with E-state index in [1.165, 1.54) is 5.57 Å². The minimum Gasteiger partial charge on any atom is -0.494 e. The van der Waals surface area contributed by atoms with Gasteiger partial charge in [-0.15, -0.1) is 0 Å². The van der Waals surface area contributed by atoms with E-state index in [9.17, 15) is 4.79 Å². The van der Waals surface area contributed by atoms with E-state index in [-0.39, 0.29) is 5.97 Å². The molecule has 29 heavy (non-hydrogen) atoms. The summed E-state index contributed by atoms with van der Waals surface area (Å²) < 4.78 is 12.9. The topological polar surface area (TPSA) is 53.4 Å². The number of carbonyl (C=O) groups excluding carboxylic acids is 1. The van der Waals surface area contributed by atoms with Gasteiger partial charge in [-0.1, -0.05) is 30.7 Å². The Bertz CT molecular complexity index is 921. The molecule has 0 spiro atoms. The summed E-state index contributed by atoms with van der Waals surface area (Å²) in [6.45, 7) is 5.82. The van der Waals surface area contributed by atoms with E-state index in [0.717, 1.165) is 54.8 Å². The van der Waals surface area contributed by atoms with Gasteiger partial charge in [0, 0.05) is 13.0 Å². The van der Waals surface area contributed by atoms with Gasteiger partial charge in [0.1, 0.15) is 11.6 Å². The molecule has 0 fully saturated rings. The summed E-state index contributed by atoms with van der Waals surface area (Å²) in [6, 6.07) is 8.26. The number of fused-ring (bicyclic) bond motifs is 1. The SMILES string of the molecule is CCOC(=O)CCCCCn1c(C2=CC=C(OCC)C=CC2)nc2ccccc21. The Kier molecular flexibility index (Phi) is 7.68. The van der Waals surface area contributed by atoms with Gasteiger partial charge in [-0.25, -0.2) is 4.98 Å². The number of aryl methyl sites for hydroxylation is 1. The number of rotatable bonds is 10. The van der Waals surface area contributed by atoms with Gasteiger partial charge in [-0.2, -0.15) is 0 Å². The Morgan fingerprint density at radius 2 is 1.97 bits per heavy atom. The molecule has 3 rings (SSSR count). The van der Waals surface area contributed by atoms with E-state index >= 15 is 0 Å². The molecule has 0 saturated heterocycles. The van der Waals surface area contributed by atoms with Crippen LogP contribution in [0.5, 0.6) is 0 Å². The molecule has 1 aromatic heterocycles. The van der Waals surface area contributed by atoms with E-state index in [4.69, 9.17) is 14.5 Å². The first-order chi connectivity index (χ1) is 14.2. The third-order valence-electron chi connectivity index (χ3n) is 4.89. The third kappa shape index (κ3) is 5.59. The Hall–Kier alpha value is -2.82. The van der Waals surface area contributed by atoms with Crippen molar-refractivity contribution in [2.45, 2.75) is 52.5 Å². The van der Waals surface area contributed by atoms with Gasteiger partial charge in [0.15, 0.2) is 0 Å². The molecule has 0 N–H and O–H groups in total. The Morgan fingerprint density at radius 1 is 1.10 bits per heavy atom. The van der Waals surface area contributed by atoms with Gasteiger partial charge < -0.3 is 14.0 Å². The summed E-state index contributed by atoms with van der Waals surface area (Å²) in [5.74, 6) is 1.79. The first-order valence-corrected chi connectivity index (χ1v) is 10.5. The maximum absolute atomic E-state index is 11.5. The number of carbonyl (C=O) groups is 1. The van der Waals surface area contributed by atoms with Crippen LogP contribution < -0.4 is 0 Å². The van der Waals surface area contributed by atoms with Crippen molar-refractivity contribution < 1.29 is 14.3 Å². The Morgan fingerprint density at radius 3 is 2.79 bits per heavy atom. The summed E-state index contributed by atoms with van der Waals surface area (Å²) in [7, 11) is 0. The molecular weight excluding hydrogens is 364 g/mol. The zero-order valence-electron chi connectivity index (χ0n) is 17.4. The van der Waals surface area contributed by atoms with Gasteiger partial charge in [-0.05, 0) is 63.0 Å². The summed E-state index contributed by atoms with van der Waals surface area (Å²) in [4.78, 5) is 16.4. The van der Waals surface area contributed by atoms with Crippen LogP contribution in [0.15, 0.2) is 54.3 Å². The molecule has 5 heteroatoms. The lowest BCUT2D eigenvalue weighted by Gasteiger charge is -2.11. The number of aromatic nitrogens is 2. The molecular formula is C24H30N2O3. The quantitative estimate of drug-likeness (QED) is 0.399. The van der Waals surface area contributed by atoms with Crippen LogP contribution in [0, 0.1) is 0 Å². The average molecular weight is 395 g/mol. The van der Waals surface area contributed by atoms with Crippen LogP contribution in [0.1, 0.15) is 51.8 Å². The summed E-state index contributed by atoms with van der Waals surface area (Å²) >= 11 is 0. The van der Waals surface area contributed by atoms with E-state index in [1.54, 1.807) is 0 Å². The van der Waals surface area contributed by atoms with Crippen molar-refractivity contribution in [2.75, 3.05) is 13.2 Å². The average Bonchev–Trinajstić information content (AvgIpc) is 2.92. The molecule has 0 unspecified atom stereocenters. The molecule has 1 heterocycles. The number of benzene rings is 1. The number of para-hydroxylation sites is 2. The van der Waals surface area contributed by atoms with Gasteiger partial charge in [0.05, 0.1) is 24.2 Å². The largest absolute Gasteiger partial charge is 0.494 e. The highest BCUT2D eigenvalue weighted by atomic mass is 16.5. The second kappa shape index (κ2) is 10.6. The molecule has 0 aliphatic heterocycles. The van der Waals surface area contributed by atoms with E-state index in [2.05, 4.69) is 34.9 Å². The fourth-order valence-electron chi connectivity index (χ4n) is 3.53. The predicted molar refractivity (Wildman–Crippen MR) is 116 cm³/mol. The van der Waals surface area contributed by atoms with Crippen LogP contribution in [-0.4, -0.2) is 28.7 Å². The highest BCUT2D eigenvalue weighted by Crippen LogP contribution is 2.27. The minimum atomic E-state index is -0.103. The van der Waals surface area contributed by atoms with Crippen molar-refractivity contribution in [3.63, 3.8) is 0 Å². The number of unbranched alkanes of at least 4 members (excludes halogenated alkanes) is 2. The second-order valence-electron chi connectivity index (χ2n) is 6.99. The van der Waals surface area contributed by atoms with E-state index in [1.807, 2.05) is 32.1 Å². The lowest BCUT2D eigenvalue weighted by atomic mass is 10.1. The molecule has 0 radical (unpaired) electrons. The van der Waals surface area contributed by atoms with Crippen LogP contribution in [0.4, 0.5) is 0 Å². The highest BCUT2D eigenvalue weighted by molar-refractivity contribution is 5.80. The standard InChI is InChI=1S/C24H30N2O3/c1-3-28-20-12-10-11-19(16-17-20)24-25-21-13-7-8-14-22(21)26(24)18-9-5-6-15-23(27)29-4-2/h7-8,10,12-14,16-17H,3-6,9,11,15,18H2,1-2H3. The Labute approximate surface area is 172 Å². The number of allylic oxidation sites excluding steroid dienone is 5. The number of ether oxygens (including phenoxy) is 2. The van der Waals surface area contributed by atoms with Crippen LogP contribution in [0.25, 0.3) is 16.6 Å². The number of esters is 1. The van der Waals surface area contributed by atoms with Crippen LogP contribution in [0.3, 0.4) is 0 Å². The molecule has 0 saturated carbocycles. The molecule has 154 valence electrons. The lowest BCUT2D eigenvalue weighted by Crippen LogP contribution is -2.05. The van der Waals surface area contributed by atoms with Crippen molar-refractivity contribution >= 4 is 22.6 Å².